The number of hydrogen-bond donors (Lipinski definition) is 2. The molecule has 2 aromatic carbocycles. The molecule has 1 heterocycles. The number of hydrogen-bond acceptors (Lipinski definition) is 6. The lowest BCUT2D eigenvalue weighted by atomic mass is 10.1. The maximum absolute atomic E-state index is 12.2. The molecule has 27 heavy (non-hydrogen) atoms. The van der Waals surface area contributed by atoms with E-state index in [0.717, 1.165) is 16.7 Å². The van der Waals surface area contributed by atoms with Crippen LogP contribution in [-0.2, 0) is 16.6 Å². The molecule has 0 atom stereocenters. The molecule has 2 N–H and O–H groups in total. The van der Waals surface area contributed by atoms with Gasteiger partial charge < -0.3 is 9.84 Å². The lowest BCUT2D eigenvalue weighted by molar-refractivity contribution is 0.243. The number of benzene rings is 2. The van der Waals surface area contributed by atoms with Crippen LogP contribution in [0, 0.1) is 13.8 Å². The second-order valence-corrected chi connectivity index (χ2v) is 7.61. The Kier molecular flexibility index (Phi) is 5.22. The molecule has 0 saturated carbocycles. The van der Waals surface area contributed by atoms with E-state index in [4.69, 9.17) is 4.52 Å². The highest BCUT2D eigenvalue weighted by Gasteiger charge is 2.18. The average Bonchev–Trinajstić information content (AvgIpc) is 3.09. The minimum Gasteiger partial charge on any atom is -0.337 e. The van der Waals surface area contributed by atoms with Crippen molar-refractivity contribution in [1.82, 2.24) is 20.2 Å². The van der Waals surface area contributed by atoms with E-state index in [1.807, 2.05) is 42.8 Å². The van der Waals surface area contributed by atoms with E-state index in [9.17, 15) is 13.2 Å². The number of sulfonamides is 1. The van der Waals surface area contributed by atoms with Crippen LogP contribution < -0.4 is 10.0 Å². The topological polar surface area (TPSA) is 114 Å². The third-order valence-corrected chi connectivity index (χ3v) is 5.16. The lowest BCUT2D eigenvalue weighted by Gasteiger charge is -2.07. The molecule has 0 aliphatic rings. The zero-order valence-corrected chi connectivity index (χ0v) is 15.6. The number of nitrogens with zero attached hydrogens (tertiary/aromatic N) is 2. The van der Waals surface area contributed by atoms with Crippen molar-refractivity contribution in [3.8, 4) is 11.4 Å². The van der Waals surface area contributed by atoms with Crippen molar-refractivity contribution >= 4 is 16.1 Å². The summed E-state index contributed by atoms with van der Waals surface area (Å²) in [6.07, 6.45) is 0. The molecule has 0 unspecified atom stereocenters. The largest absolute Gasteiger partial charge is 0.337 e. The van der Waals surface area contributed by atoms with E-state index in [1.54, 1.807) is 12.1 Å². The van der Waals surface area contributed by atoms with Gasteiger partial charge in [0.05, 0.1) is 11.4 Å². The summed E-state index contributed by atoms with van der Waals surface area (Å²) >= 11 is 0. The second-order valence-electron chi connectivity index (χ2n) is 5.93. The molecular weight excluding hydrogens is 368 g/mol. The molecule has 3 rings (SSSR count). The molecule has 0 saturated heterocycles. The van der Waals surface area contributed by atoms with Gasteiger partial charge in [-0.15, -0.1) is 0 Å². The third-order valence-electron chi connectivity index (χ3n) is 3.81. The van der Waals surface area contributed by atoms with Crippen molar-refractivity contribution < 1.29 is 17.7 Å². The van der Waals surface area contributed by atoms with E-state index in [2.05, 4.69) is 15.5 Å². The molecule has 0 aliphatic carbocycles. The Bertz CT molecular complexity index is 1060. The summed E-state index contributed by atoms with van der Waals surface area (Å²) in [4.78, 5) is 16.1. The van der Waals surface area contributed by atoms with Gasteiger partial charge in [-0.2, -0.15) is 4.98 Å². The molecule has 2 amide bonds. The highest BCUT2D eigenvalue weighted by atomic mass is 32.2. The normalized spacial score (nSPS) is 11.2. The fourth-order valence-corrected chi connectivity index (χ4v) is 3.28. The van der Waals surface area contributed by atoms with Crippen LogP contribution in [0.15, 0.2) is 57.9 Å². The third kappa shape index (κ3) is 4.50. The van der Waals surface area contributed by atoms with Gasteiger partial charge in [0.25, 0.3) is 10.0 Å². The average molecular weight is 386 g/mol. The summed E-state index contributed by atoms with van der Waals surface area (Å²) in [5.41, 5.74) is 2.72. The first-order chi connectivity index (χ1) is 12.8. The Morgan fingerprint density at radius 3 is 2.48 bits per heavy atom. The van der Waals surface area contributed by atoms with Crippen LogP contribution in [0.25, 0.3) is 11.4 Å². The summed E-state index contributed by atoms with van der Waals surface area (Å²) < 4.78 is 31.4. The summed E-state index contributed by atoms with van der Waals surface area (Å²) in [6.45, 7) is 3.66. The quantitative estimate of drug-likeness (QED) is 0.696. The molecule has 0 radical (unpaired) electrons. The molecular formula is C18H18N4O4S. The predicted molar refractivity (Wildman–Crippen MR) is 98.2 cm³/mol. The molecule has 3 aromatic rings. The van der Waals surface area contributed by atoms with Crippen LogP contribution in [0.1, 0.15) is 17.0 Å². The molecule has 9 heteroatoms. The minimum absolute atomic E-state index is 0.00267. The number of carbonyl (C=O) groups excluding carboxylic acids is 1. The Morgan fingerprint density at radius 1 is 1.07 bits per heavy atom. The first kappa shape index (κ1) is 18.6. The molecule has 8 nitrogen and oxygen atoms in total. The van der Waals surface area contributed by atoms with E-state index >= 15 is 0 Å². The van der Waals surface area contributed by atoms with Crippen LogP contribution in [0.2, 0.25) is 0 Å². The van der Waals surface area contributed by atoms with Gasteiger partial charge in [-0.05, 0) is 31.5 Å². The molecule has 0 aliphatic heterocycles. The Balaban J connectivity index is 1.61. The zero-order valence-electron chi connectivity index (χ0n) is 14.8. The van der Waals surface area contributed by atoms with Gasteiger partial charge >= 0.3 is 6.03 Å². The fourth-order valence-electron chi connectivity index (χ4n) is 2.35. The zero-order chi connectivity index (χ0) is 19.4. The van der Waals surface area contributed by atoms with Crippen molar-refractivity contribution in [2.45, 2.75) is 25.3 Å². The predicted octanol–water partition coefficient (Wildman–Crippen LogP) is 2.54. The van der Waals surface area contributed by atoms with Gasteiger partial charge in [0.15, 0.2) is 0 Å². The number of amides is 2. The van der Waals surface area contributed by atoms with E-state index in [0.29, 0.717) is 5.82 Å². The maximum Gasteiger partial charge on any atom is 0.329 e. The van der Waals surface area contributed by atoms with Gasteiger partial charge in [-0.25, -0.2) is 17.9 Å². The number of nitrogens with one attached hydrogen (secondary N) is 2. The monoisotopic (exact) mass is 386 g/mol. The van der Waals surface area contributed by atoms with E-state index in [-0.39, 0.29) is 17.3 Å². The van der Waals surface area contributed by atoms with Gasteiger partial charge in [0, 0.05) is 5.56 Å². The molecule has 140 valence electrons. The molecule has 0 fully saturated rings. The molecule has 1 aromatic heterocycles. The standard InChI is InChI=1S/C18H18N4O4S/c1-12-7-9-14(10-8-12)27(24,25)22-18(23)19-11-16-20-17(21-26-16)15-6-4-3-5-13(15)2/h3-10H,11H2,1-2H3,(H2,19,22,23). The van der Waals surface area contributed by atoms with E-state index in [1.165, 1.54) is 12.1 Å². The first-order valence-corrected chi connectivity index (χ1v) is 9.59. The number of aryl methyl sites for hydroxylation is 2. The van der Waals surface area contributed by atoms with Crippen molar-refractivity contribution in [2.24, 2.45) is 0 Å². The summed E-state index contributed by atoms with van der Waals surface area (Å²) in [6, 6.07) is 12.8. The van der Waals surface area contributed by atoms with Crippen LogP contribution in [0.5, 0.6) is 0 Å². The second kappa shape index (κ2) is 7.58. The van der Waals surface area contributed by atoms with Crippen LogP contribution in [-0.4, -0.2) is 24.6 Å². The minimum atomic E-state index is -3.95. The SMILES string of the molecule is Cc1ccc(S(=O)(=O)NC(=O)NCc2nc(-c3ccccc3C)no2)cc1. The van der Waals surface area contributed by atoms with Crippen molar-refractivity contribution in [3.05, 3.63) is 65.5 Å². The van der Waals surface area contributed by atoms with Crippen molar-refractivity contribution in [2.75, 3.05) is 0 Å². The Hall–Kier alpha value is -3.20. The number of urea groups is 1. The van der Waals surface area contributed by atoms with Gasteiger partial charge in [-0.3, -0.25) is 0 Å². The van der Waals surface area contributed by atoms with Crippen LogP contribution >= 0.6 is 0 Å². The van der Waals surface area contributed by atoms with E-state index < -0.39 is 16.1 Å². The summed E-state index contributed by atoms with van der Waals surface area (Å²) in [5.74, 6) is 0.564. The lowest BCUT2D eigenvalue weighted by Crippen LogP contribution is -2.39. The molecule has 0 bridgehead atoms. The maximum atomic E-state index is 12.2. The summed E-state index contributed by atoms with van der Waals surface area (Å²) in [7, 11) is -3.95. The smallest absolute Gasteiger partial charge is 0.329 e. The Morgan fingerprint density at radius 2 is 1.78 bits per heavy atom. The first-order valence-electron chi connectivity index (χ1n) is 8.11. The fraction of sp³-hybridized carbons (Fsp3) is 0.167. The number of rotatable bonds is 5. The van der Waals surface area contributed by atoms with Crippen LogP contribution in [0.4, 0.5) is 4.79 Å². The molecule has 0 spiro atoms. The van der Waals surface area contributed by atoms with Crippen LogP contribution in [0.3, 0.4) is 0 Å². The van der Waals surface area contributed by atoms with Gasteiger partial charge in [0.1, 0.15) is 0 Å². The van der Waals surface area contributed by atoms with Gasteiger partial charge in [-0.1, -0.05) is 47.1 Å². The highest BCUT2D eigenvalue weighted by molar-refractivity contribution is 7.90. The Labute approximate surface area is 156 Å². The highest BCUT2D eigenvalue weighted by Crippen LogP contribution is 2.19. The summed E-state index contributed by atoms with van der Waals surface area (Å²) in [5, 5.41) is 6.27. The van der Waals surface area contributed by atoms with Crippen molar-refractivity contribution in [3.63, 3.8) is 0 Å². The van der Waals surface area contributed by atoms with Crippen molar-refractivity contribution in [1.29, 1.82) is 0 Å². The number of carbonyl (C=O) groups is 1. The van der Waals surface area contributed by atoms with Gasteiger partial charge in [0.2, 0.25) is 11.7 Å². The number of aromatic nitrogens is 2.